The summed E-state index contributed by atoms with van der Waals surface area (Å²) < 4.78 is 5.55. The molecule has 0 heterocycles. The van der Waals surface area contributed by atoms with Crippen molar-refractivity contribution in [3.8, 4) is 0 Å². The number of halogens is 1. The highest BCUT2D eigenvalue weighted by atomic mass is 79.9. The predicted molar refractivity (Wildman–Crippen MR) is 62.6 cm³/mol. The Kier molecular flexibility index (Phi) is 4.58. The fraction of sp³-hybridized carbons (Fsp3) is 0.300. The molecule has 1 unspecified atom stereocenters. The SMILES string of the molecule is COC(=O)C(CN)Nc1cccc(Br)c1. The minimum Gasteiger partial charge on any atom is -0.467 e. The minimum absolute atomic E-state index is 0.194. The summed E-state index contributed by atoms with van der Waals surface area (Å²) in [5, 5.41) is 2.99. The van der Waals surface area contributed by atoms with Crippen LogP contribution in [0.2, 0.25) is 0 Å². The zero-order chi connectivity index (χ0) is 11.3. The van der Waals surface area contributed by atoms with Crippen molar-refractivity contribution < 1.29 is 9.53 Å². The molecule has 3 N–H and O–H groups in total. The van der Waals surface area contributed by atoms with Gasteiger partial charge >= 0.3 is 5.97 Å². The summed E-state index contributed by atoms with van der Waals surface area (Å²) in [7, 11) is 1.34. The number of rotatable bonds is 4. The molecule has 0 radical (unpaired) electrons. The van der Waals surface area contributed by atoms with Gasteiger partial charge < -0.3 is 15.8 Å². The van der Waals surface area contributed by atoms with Crippen molar-refractivity contribution in [2.24, 2.45) is 5.73 Å². The van der Waals surface area contributed by atoms with Gasteiger partial charge in [-0.2, -0.15) is 0 Å². The van der Waals surface area contributed by atoms with E-state index in [-0.39, 0.29) is 12.5 Å². The molecule has 1 rings (SSSR count). The largest absolute Gasteiger partial charge is 0.467 e. The highest BCUT2D eigenvalue weighted by Crippen LogP contribution is 2.16. The zero-order valence-corrected chi connectivity index (χ0v) is 9.95. The maximum absolute atomic E-state index is 11.3. The summed E-state index contributed by atoms with van der Waals surface area (Å²) in [6, 6.07) is 6.99. The molecule has 0 aliphatic heterocycles. The Morgan fingerprint density at radius 3 is 2.93 bits per heavy atom. The maximum Gasteiger partial charge on any atom is 0.329 e. The van der Waals surface area contributed by atoms with Crippen LogP contribution in [-0.4, -0.2) is 25.7 Å². The van der Waals surface area contributed by atoms with Gasteiger partial charge in [0.2, 0.25) is 0 Å². The topological polar surface area (TPSA) is 64.3 Å². The lowest BCUT2D eigenvalue weighted by Crippen LogP contribution is -2.37. The number of carbonyl (C=O) groups is 1. The van der Waals surface area contributed by atoms with Gasteiger partial charge in [-0.25, -0.2) is 4.79 Å². The molecule has 0 aliphatic rings. The molecule has 1 aromatic carbocycles. The van der Waals surface area contributed by atoms with E-state index in [2.05, 4.69) is 26.0 Å². The third-order valence-corrected chi connectivity index (χ3v) is 2.38. The summed E-state index contributed by atoms with van der Waals surface area (Å²) in [4.78, 5) is 11.3. The van der Waals surface area contributed by atoms with Crippen molar-refractivity contribution in [3.05, 3.63) is 28.7 Å². The van der Waals surface area contributed by atoms with E-state index < -0.39 is 6.04 Å². The molecule has 0 spiro atoms. The number of methoxy groups -OCH3 is 1. The molecule has 15 heavy (non-hydrogen) atoms. The number of nitrogens with one attached hydrogen (secondary N) is 1. The molecule has 82 valence electrons. The van der Waals surface area contributed by atoms with Crippen LogP contribution in [-0.2, 0) is 9.53 Å². The van der Waals surface area contributed by atoms with Crippen molar-refractivity contribution in [1.29, 1.82) is 0 Å². The number of nitrogens with two attached hydrogens (primary N) is 1. The lowest BCUT2D eigenvalue weighted by atomic mass is 10.2. The summed E-state index contributed by atoms with van der Waals surface area (Å²) in [5.74, 6) is -0.363. The number of anilines is 1. The second-order valence-corrected chi connectivity index (χ2v) is 3.88. The molecule has 4 nitrogen and oxygen atoms in total. The minimum atomic E-state index is -0.510. The molecule has 0 amide bonds. The Hall–Kier alpha value is -1.07. The summed E-state index contributed by atoms with van der Waals surface area (Å²) in [6.07, 6.45) is 0. The van der Waals surface area contributed by atoms with Crippen molar-refractivity contribution in [2.75, 3.05) is 19.0 Å². The van der Waals surface area contributed by atoms with E-state index in [9.17, 15) is 4.79 Å². The second-order valence-electron chi connectivity index (χ2n) is 2.97. The van der Waals surface area contributed by atoms with Crippen LogP contribution < -0.4 is 11.1 Å². The molecule has 5 heteroatoms. The number of carbonyl (C=O) groups excluding carboxylic acids is 1. The quantitative estimate of drug-likeness (QED) is 0.813. The van der Waals surface area contributed by atoms with E-state index in [4.69, 9.17) is 5.73 Å². The van der Waals surface area contributed by atoms with Gasteiger partial charge in [0, 0.05) is 16.7 Å². The smallest absolute Gasteiger partial charge is 0.329 e. The molecular weight excluding hydrogens is 260 g/mol. The fourth-order valence-electron chi connectivity index (χ4n) is 1.14. The van der Waals surface area contributed by atoms with E-state index >= 15 is 0 Å². The van der Waals surface area contributed by atoms with Crippen molar-refractivity contribution >= 4 is 27.6 Å². The lowest BCUT2D eigenvalue weighted by molar-refractivity contribution is -0.141. The van der Waals surface area contributed by atoms with Crippen LogP contribution in [0.25, 0.3) is 0 Å². The summed E-state index contributed by atoms with van der Waals surface area (Å²) in [6.45, 7) is 0.194. The zero-order valence-electron chi connectivity index (χ0n) is 8.37. The van der Waals surface area contributed by atoms with Crippen LogP contribution in [0.1, 0.15) is 0 Å². The molecule has 0 aliphatic carbocycles. The summed E-state index contributed by atoms with van der Waals surface area (Å²) in [5.41, 5.74) is 6.28. The van der Waals surface area contributed by atoms with E-state index in [1.807, 2.05) is 24.3 Å². The van der Waals surface area contributed by atoms with Crippen LogP contribution in [0.4, 0.5) is 5.69 Å². The lowest BCUT2D eigenvalue weighted by Gasteiger charge is -2.15. The van der Waals surface area contributed by atoms with Gasteiger partial charge in [0.05, 0.1) is 7.11 Å². The molecule has 0 fully saturated rings. The number of ether oxygens (including phenoxy) is 1. The first-order valence-corrected chi connectivity index (χ1v) is 5.26. The van der Waals surface area contributed by atoms with E-state index in [0.29, 0.717) is 0 Å². The van der Waals surface area contributed by atoms with Crippen molar-refractivity contribution in [2.45, 2.75) is 6.04 Å². The van der Waals surface area contributed by atoms with Gasteiger partial charge in [-0.3, -0.25) is 0 Å². The van der Waals surface area contributed by atoms with Crippen LogP contribution >= 0.6 is 15.9 Å². The van der Waals surface area contributed by atoms with Gasteiger partial charge in [0.25, 0.3) is 0 Å². The Labute approximate surface area is 96.9 Å². The molecule has 0 aromatic heterocycles. The van der Waals surface area contributed by atoms with Crippen LogP contribution in [0.3, 0.4) is 0 Å². The van der Waals surface area contributed by atoms with Gasteiger partial charge in [0.1, 0.15) is 6.04 Å². The number of esters is 1. The van der Waals surface area contributed by atoms with E-state index in [1.54, 1.807) is 0 Å². The first kappa shape index (κ1) is 12.0. The van der Waals surface area contributed by atoms with Crippen molar-refractivity contribution in [1.82, 2.24) is 0 Å². The predicted octanol–water partition coefficient (Wildman–Crippen LogP) is 1.36. The molecule has 1 aromatic rings. The normalized spacial score (nSPS) is 11.9. The summed E-state index contributed by atoms with van der Waals surface area (Å²) >= 11 is 3.34. The number of hydrogen-bond donors (Lipinski definition) is 2. The standard InChI is InChI=1S/C10H13BrN2O2/c1-15-10(14)9(6-12)13-8-4-2-3-7(11)5-8/h2-5,9,13H,6,12H2,1H3. The Balaban J connectivity index is 2.70. The fourth-order valence-corrected chi connectivity index (χ4v) is 1.54. The first-order chi connectivity index (χ1) is 7.17. The van der Waals surface area contributed by atoms with Gasteiger partial charge in [-0.1, -0.05) is 22.0 Å². The molecule has 0 saturated heterocycles. The van der Waals surface area contributed by atoms with Crippen molar-refractivity contribution in [3.63, 3.8) is 0 Å². The van der Waals surface area contributed by atoms with E-state index in [0.717, 1.165) is 10.2 Å². The number of benzene rings is 1. The van der Waals surface area contributed by atoms with Crippen LogP contribution in [0, 0.1) is 0 Å². The maximum atomic E-state index is 11.3. The number of hydrogen-bond acceptors (Lipinski definition) is 4. The molecule has 0 saturated carbocycles. The van der Waals surface area contributed by atoms with E-state index in [1.165, 1.54) is 7.11 Å². The molecular formula is C10H13BrN2O2. The monoisotopic (exact) mass is 272 g/mol. The molecule has 0 bridgehead atoms. The first-order valence-electron chi connectivity index (χ1n) is 4.47. The third-order valence-electron chi connectivity index (χ3n) is 1.89. The third kappa shape index (κ3) is 3.53. The average Bonchev–Trinajstić information content (AvgIpc) is 2.25. The van der Waals surface area contributed by atoms with Gasteiger partial charge in [-0.05, 0) is 18.2 Å². The second kappa shape index (κ2) is 5.72. The average molecular weight is 273 g/mol. The Morgan fingerprint density at radius 2 is 2.40 bits per heavy atom. The van der Waals surface area contributed by atoms with Crippen LogP contribution in [0.5, 0.6) is 0 Å². The molecule has 1 atom stereocenters. The highest BCUT2D eigenvalue weighted by Gasteiger charge is 2.16. The van der Waals surface area contributed by atoms with Gasteiger partial charge in [-0.15, -0.1) is 0 Å². The van der Waals surface area contributed by atoms with Gasteiger partial charge in [0.15, 0.2) is 0 Å². The van der Waals surface area contributed by atoms with Crippen LogP contribution in [0.15, 0.2) is 28.7 Å². The highest BCUT2D eigenvalue weighted by molar-refractivity contribution is 9.10. The Morgan fingerprint density at radius 1 is 1.67 bits per heavy atom. The Bertz CT molecular complexity index is 344.